The Bertz CT molecular complexity index is 1600. The Morgan fingerprint density at radius 1 is 1.14 bits per heavy atom. The van der Waals surface area contributed by atoms with Gasteiger partial charge in [-0.1, -0.05) is 23.7 Å². The first-order chi connectivity index (χ1) is 17.7. The Kier molecular flexibility index (Phi) is 6.60. The van der Waals surface area contributed by atoms with E-state index >= 15 is 0 Å². The first kappa shape index (κ1) is 24.8. The van der Waals surface area contributed by atoms with E-state index in [0.717, 1.165) is 22.3 Å². The molecule has 0 saturated carbocycles. The van der Waals surface area contributed by atoms with Crippen LogP contribution in [0.15, 0.2) is 53.3 Å². The number of anilines is 2. The van der Waals surface area contributed by atoms with Crippen molar-refractivity contribution in [3.63, 3.8) is 0 Å². The third kappa shape index (κ3) is 4.76. The SMILES string of the molecule is COC(=O)c1cc(Cl)ccc1NCCc1cc(C)cc2c(=O)n(C)c(N3Cc4ccc(F)cc4C3)nc12. The molecule has 37 heavy (non-hydrogen) atoms. The molecule has 0 amide bonds. The molecule has 5 rings (SSSR count). The summed E-state index contributed by atoms with van der Waals surface area (Å²) in [6.45, 7) is 3.47. The molecule has 1 N–H and O–H groups in total. The lowest BCUT2D eigenvalue weighted by molar-refractivity contribution is 0.0602. The van der Waals surface area contributed by atoms with E-state index in [1.807, 2.05) is 24.0 Å². The Balaban J connectivity index is 1.46. The molecule has 1 aliphatic rings. The van der Waals surface area contributed by atoms with Crippen LogP contribution in [-0.4, -0.2) is 29.2 Å². The number of carbonyl (C=O) groups excluding carboxylic acids is 1. The number of esters is 1. The molecule has 0 bridgehead atoms. The molecule has 0 radical (unpaired) electrons. The third-order valence-corrected chi connectivity index (χ3v) is 6.89. The van der Waals surface area contributed by atoms with Crippen LogP contribution in [0.1, 0.15) is 32.6 Å². The molecule has 2 heterocycles. The van der Waals surface area contributed by atoms with Crippen molar-refractivity contribution in [3.8, 4) is 0 Å². The highest BCUT2D eigenvalue weighted by Gasteiger charge is 2.24. The fourth-order valence-electron chi connectivity index (χ4n) is 4.85. The van der Waals surface area contributed by atoms with Gasteiger partial charge in [0.25, 0.3) is 5.56 Å². The minimum atomic E-state index is -0.479. The van der Waals surface area contributed by atoms with E-state index in [-0.39, 0.29) is 11.4 Å². The second-order valence-electron chi connectivity index (χ2n) is 9.22. The molecule has 1 aromatic heterocycles. The number of nitrogens with one attached hydrogen (secondary N) is 1. The number of fused-ring (bicyclic) bond motifs is 2. The van der Waals surface area contributed by atoms with Crippen molar-refractivity contribution in [1.82, 2.24) is 9.55 Å². The number of carbonyl (C=O) groups is 1. The molecule has 190 valence electrons. The standard InChI is InChI=1S/C28H26ClFN4O3/c1-16-10-17(8-9-31-24-7-5-20(29)13-22(24)27(36)37-3)25-23(11-16)26(35)33(2)28(32-25)34-14-18-4-6-21(30)12-19(18)15-34/h4-7,10-13,31H,8-9,14-15H2,1-3H3. The summed E-state index contributed by atoms with van der Waals surface area (Å²) in [6.07, 6.45) is 0.562. The number of benzene rings is 3. The normalized spacial score (nSPS) is 12.6. The van der Waals surface area contributed by atoms with Gasteiger partial charge >= 0.3 is 5.97 Å². The highest BCUT2D eigenvalue weighted by molar-refractivity contribution is 6.31. The van der Waals surface area contributed by atoms with Gasteiger partial charge in [0.05, 0.1) is 23.6 Å². The molecule has 9 heteroatoms. The Labute approximate surface area is 218 Å². The van der Waals surface area contributed by atoms with Crippen LogP contribution in [0.5, 0.6) is 0 Å². The van der Waals surface area contributed by atoms with E-state index < -0.39 is 5.97 Å². The zero-order valence-electron chi connectivity index (χ0n) is 20.8. The van der Waals surface area contributed by atoms with Gasteiger partial charge in [-0.2, -0.15) is 0 Å². The summed E-state index contributed by atoms with van der Waals surface area (Å²) in [6, 6.07) is 13.7. The molecule has 3 aromatic carbocycles. The molecule has 1 aliphatic heterocycles. The summed E-state index contributed by atoms with van der Waals surface area (Å²) in [4.78, 5) is 32.5. The zero-order valence-corrected chi connectivity index (χ0v) is 21.5. The summed E-state index contributed by atoms with van der Waals surface area (Å²) >= 11 is 6.07. The van der Waals surface area contributed by atoms with E-state index in [4.69, 9.17) is 21.3 Å². The van der Waals surface area contributed by atoms with Crippen molar-refractivity contribution in [2.45, 2.75) is 26.4 Å². The van der Waals surface area contributed by atoms with Crippen LogP contribution in [0.25, 0.3) is 10.9 Å². The van der Waals surface area contributed by atoms with Crippen molar-refractivity contribution >= 4 is 40.1 Å². The molecule has 0 fully saturated rings. The summed E-state index contributed by atoms with van der Waals surface area (Å²) in [5, 5.41) is 4.27. The van der Waals surface area contributed by atoms with Crippen molar-refractivity contribution in [1.29, 1.82) is 0 Å². The van der Waals surface area contributed by atoms with E-state index in [1.54, 1.807) is 35.9 Å². The molecule has 4 aromatic rings. The number of hydrogen-bond donors (Lipinski definition) is 1. The van der Waals surface area contributed by atoms with Gasteiger partial charge in [0.15, 0.2) is 0 Å². The van der Waals surface area contributed by atoms with Crippen molar-refractivity contribution < 1.29 is 13.9 Å². The lowest BCUT2D eigenvalue weighted by atomic mass is 10.0. The molecule has 0 spiro atoms. The quantitative estimate of drug-likeness (QED) is 0.361. The summed E-state index contributed by atoms with van der Waals surface area (Å²) < 4.78 is 20.2. The third-order valence-electron chi connectivity index (χ3n) is 6.65. The van der Waals surface area contributed by atoms with Gasteiger partial charge in [0.1, 0.15) is 5.82 Å². The predicted octanol–water partition coefficient (Wildman–Crippen LogP) is 5.00. The number of ether oxygens (including phenoxy) is 1. The predicted molar refractivity (Wildman–Crippen MR) is 143 cm³/mol. The topological polar surface area (TPSA) is 76.5 Å². The van der Waals surface area contributed by atoms with Gasteiger partial charge < -0.3 is 15.0 Å². The van der Waals surface area contributed by atoms with E-state index in [1.165, 1.54) is 19.2 Å². The van der Waals surface area contributed by atoms with E-state index in [2.05, 4.69) is 5.32 Å². The van der Waals surface area contributed by atoms with Crippen molar-refractivity contribution in [2.24, 2.45) is 7.05 Å². The molecule has 7 nitrogen and oxygen atoms in total. The highest BCUT2D eigenvalue weighted by atomic mass is 35.5. The number of aryl methyl sites for hydroxylation is 1. The van der Waals surface area contributed by atoms with Crippen LogP contribution in [-0.2, 0) is 31.3 Å². The van der Waals surface area contributed by atoms with E-state index in [9.17, 15) is 14.0 Å². The van der Waals surface area contributed by atoms with Crippen LogP contribution in [0.2, 0.25) is 5.02 Å². The summed E-state index contributed by atoms with van der Waals surface area (Å²) in [5.74, 6) is -0.215. The lowest BCUT2D eigenvalue weighted by Crippen LogP contribution is -2.28. The monoisotopic (exact) mass is 520 g/mol. The summed E-state index contributed by atoms with van der Waals surface area (Å²) in [7, 11) is 3.04. The first-order valence-electron chi connectivity index (χ1n) is 11.9. The maximum atomic E-state index is 13.8. The van der Waals surface area contributed by atoms with Crippen LogP contribution in [0.4, 0.5) is 16.0 Å². The van der Waals surface area contributed by atoms with Gasteiger partial charge in [0, 0.05) is 37.4 Å². The number of aromatic nitrogens is 2. The maximum Gasteiger partial charge on any atom is 0.340 e. The van der Waals surface area contributed by atoms with Crippen LogP contribution >= 0.6 is 11.6 Å². The van der Waals surface area contributed by atoms with Gasteiger partial charge in [-0.3, -0.25) is 9.36 Å². The van der Waals surface area contributed by atoms with Crippen LogP contribution in [0, 0.1) is 12.7 Å². The van der Waals surface area contributed by atoms with Crippen LogP contribution in [0.3, 0.4) is 0 Å². The smallest absolute Gasteiger partial charge is 0.340 e. The maximum absolute atomic E-state index is 13.8. The zero-order chi connectivity index (χ0) is 26.3. The minimum Gasteiger partial charge on any atom is -0.465 e. The number of hydrogen-bond acceptors (Lipinski definition) is 6. The average molecular weight is 521 g/mol. The van der Waals surface area contributed by atoms with E-state index in [0.29, 0.717) is 59.2 Å². The Morgan fingerprint density at radius 2 is 1.92 bits per heavy atom. The molecular formula is C28H26ClFN4O3. The second kappa shape index (κ2) is 9.86. The second-order valence-corrected chi connectivity index (χ2v) is 9.66. The van der Waals surface area contributed by atoms with Crippen LogP contribution < -0.4 is 15.8 Å². The van der Waals surface area contributed by atoms with Crippen molar-refractivity contribution in [3.05, 3.63) is 97.5 Å². The molecular weight excluding hydrogens is 495 g/mol. The largest absolute Gasteiger partial charge is 0.465 e. The molecule has 0 aliphatic carbocycles. The summed E-state index contributed by atoms with van der Waals surface area (Å²) in [5.41, 5.74) is 5.25. The first-order valence-corrected chi connectivity index (χ1v) is 12.3. The average Bonchev–Trinajstić information content (AvgIpc) is 3.29. The molecule has 0 atom stereocenters. The number of rotatable bonds is 6. The number of halogens is 2. The molecule has 0 unspecified atom stereocenters. The number of methoxy groups -OCH3 is 1. The Morgan fingerprint density at radius 3 is 2.70 bits per heavy atom. The fourth-order valence-corrected chi connectivity index (χ4v) is 5.03. The van der Waals surface area contributed by atoms with Gasteiger partial charge in [-0.05, 0) is 72.0 Å². The van der Waals surface area contributed by atoms with Gasteiger partial charge in [-0.15, -0.1) is 0 Å². The van der Waals surface area contributed by atoms with Crippen molar-refractivity contribution in [2.75, 3.05) is 23.9 Å². The number of nitrogens with zero attached hydrogens (tertiary/aromatic N) is 3. The van der Waals surface area contributed by atoms with Gasteiger partial charge in [0.2, 0.25) is 5.95 Å². The lowest BCUT2D eigenvalue weighted by Gasteiger charge is -2.21. The Hall–Kier alpha value is -3.91. The fraction of sp³-hybridized carbons (Fsp3) is 0.250. The minimum absolute atomic E-state index is 0.134. The molecule has 0 saturated heterocycles. The van der Waals surface area contributed by atoms with Gasteiger partial charge in [-0.25, -0.2) is 14.2 Å². The highest BCUT2D eigenvalue weighted by Crippen LogP contribution is 2.29.